The van der Waals surface area contributed by atoms with Crippen LogP contribution in [0.3, 0.4) is 0 Å². The molecule has 0 spiro atoms. The second kappa shape index (κ2) is 4.61. The molecule has 1 fully saturated rings. The molecule has 1 rings (SSSR count). The first kappa shape index (κ1) is 9.82. The molecule has 0 aromatic rings. The van der Waals surface area contributed by atoms with Crippen molar-refractivity contribution in [2.45, 2.75) is 31.9 Å². The maximum absolute atomic E-state index is 9.00. The first-order chi connectivity index (χ1) is 4.54. The van der Waals surface area contributed by atoms with Crippen LogP contribution < -0.4 is 0 Å². The Morgan fingerprint density at radius 3 is 2.00 bits per heavy atom. The van der Waals surface area contributed by atoms with Crippen LogP contribution in [0.2, 0.25) is 0 Å². The van der Waals surface area contributed by atoms with Crippen LogP contribution in [0.4, 0.5) is 0 Å². The van der Waals surface area contributed by atoms with E-state index in [1.165, 1.54) is 12.8 Å². The van der Waals surface area contributed by atoms with Gasteiger partial charge in [0.15, 0.2) is 0 Å². The summed E-state index contributed by atoms with van der Waals surface area (Å²) in [5.74, 6) is 0.133. The molecule has 0 aliphatic heterocycles. The van der Waals surface area contributed by atoms with Crippen LogP contribution in [-0.4, -0.2) is 16.3 Å². The van der Waals surface area contributed by atoms with Gasteiger partial charge in [-0.2, -0.15) is 12.6 Å². The van der Waals surface area contributed by atoms with Gasteiger partial charge in [0.05, 0.1) is 0 Å². The van der Waals surface area contributed by atoms with Gasteiger partial charge < -0.3 is 5.11 Å². The molecule has 1 unspecified atom stereocenters. The van der Waals surface area contributed by atoms with Crippen LogP contribution in [-0.2, 0) is 4.79 Å². The lowest BCUT2D eigenvalue weighted by atomic mass is 10.3. The van der Waals surface area contributed by atoms with E-state index in [1.807, 2.05) is 0 Å². The van der Waals surface area contributed by atoms with Gasteiger partial charge in [-0.05, 0) is 18.8 Å². The van der Waals surface area contributed by atoms with Crippen molar-refractivity contribution in [1.29, 1.82) is 0 Å². The minimum Gasteiger partial charge on any atom is -0.481 e. The lowest BCUT2D eigenvalue weighted by Crippen LogP contribution is -1.90. The highest BCUT2D eigenvalue weighted by Gasteiger charge is 2.24. The van der Waals surface area contributed by atoms with Gasteiger partial charge in [0, 0.05) is 12.2 Å². The third-order valence-electron chi connectivity index (χ3n) is 1.30. The van der Waals surface area contributed by atoms with E-state index in [0.717, 1.165) is 12.8 Å². The summed E-state index contributed by atoms with van der Waals surface area (Å²) in [5.41, 5.74) is 0. The SMILES string of the molecule is CC(=O)O.CC(S)C1CC1. The zero-order chi connectivity index (χ0) is 8.15. The molecule has 0 radical (unpaired) electrons. The summed E-state index contributed by atoms with van der Waals surface area (Å²) in [5, 5.41) is 8.07. The van der Waals surface area contributed by atoms with E-state index in [4.69, 9.17) is 9.90 Å². The highest BCUT2D eigenvalue weighted by Crippen LogP contribution is 2.34. The third-order valence-corrected chi connectivity index (χ3v) is 1.73. The molecule has 2 nitrogen and oxygen atoms in total. The lowest BCUT2D eigenvalue weighted by Gasteiger charge is -1.93. The summed E-state index contributed by atoms with van der Waals surface area (Å²) < 4.78 is 0. The van der Waals surface area contributed by atoms with Crippen molar-refractivity contribution in [2.24, 2.45) is 5.92 Å². The number of carbonyl (C=O) groups is 1. The smallest absolute Gasteiger partial charge is 0.300 e. The summed E-state index contributed by atoms with van der Waals surface area (Å²) in [6, 6.07) is 0. The van der Waals surface area contributed by atoms with Gasteiger partial charge in [0.1, 0.15) is 0 Å². The maximum atomic E-state index is 9.00. The van der Waals surface area contributed by atoms with Crippen LogP contribution in [0.25, 0.3) is 0 Å². The fourth-order valence-electron chi connectivity index (χ4n) is 0.579. The molecule has 1 saturated carbocycles. The molecule has 0 bridgehead atoms. The molecule has 0 aromatic heterocycles. The Labute approximate surface area is 67.0 Å². The summed E-state index contributed by atoms with van der Waals surface area (Å²) >= 11 is 4.26. The summed E-state index contributed by atoms with van der Waals surface area (Å²) in [6.45, 7) is 3.25. The van der Waals surface area contributed by atoms with Crippen LogP contribution in [0.15, 0.2) is 0 Å². The molecule has 3 heteroatoms. The van der Waals surface area contributed by atoms with E-state index in [0.29, 0.717) is 5.25 Å². The largest absolute Gasteiger partial charge is 0.481 e. The van der Waals surface area contributed by atoms with Gasteiger partial charge in [-0.3, -0.25) is 4.79 Å². The average Bonchev–Trinajstić information content (AvgIpc) is 2.38. The zero-order valence-corrected chi connectivity index (χ0v) is 7.27. The predicted molar refractivity (Wildman–Crippen MR) is 44.5 cm³/mol. The lowest BCUT2D eigenvalue weighted by molar-refractivity contribution is -0.134. The minimum atomic E-state index is -0.833. The molecular weight excluding hydrogens is 148 g/mol. The second-order valence-corrected chi connectivity index (χ2v) is 3.41. The van der Waals surface area contributed by atoms with E-state index in [1.54, 1.807) is 0 Å². The van der Waals surface area contributed by atoms with E-state index < -0.39 is 5.97 Å². The molecular formula is C7H14O2S. The molecule has 1 aliphatic rings. The van der Waals surface area contributed by atoms with Gasteiger partial charge in [-0.1, -0.05) is 6.92 Å². The normalized spacial score (nSPS) is 18.7. The number of aliphatic carboxylic acids is 1. The van der Waals surface area contributed by atoms with Crippen molar-refractivity contribution in [2.75, 3.05) is 0 Å². The Kier molecular flexibility index (Phi) is 4.52. The molecule has 10 heavy (non-hydrogen) atoms. The molecule has 0 heterocycles. The number of rotatable bonds is 1. The molecule has 1 atom stereocenters. The molecule has 60 valence electrons. The minimum absolute atomic E-state index is 0.657. The van der Waals surface area contributed by atoms with E-state index in [9.17, 15) is 0 Å². The Bertz CT molecular complexity index is 104. The summed E-state index contributed by atoms with van der Waals surface area (Å²) in [6.07, 6.45) is 2.84. The second-order valence-electron chi connectivity index (χ2n) is 2.60. The van der Waals surface area contributed by atoms with Crippen molar-refractivity contribution >= 4 is 18.6 Å². The van der Waals surface area contributed by atoms with Crippen molar-refractivity contribution in [1.82, 2.24) is 0 Å². The van der Waals surface area contributed by atoms with Crippen molar-refractivity contribution < 1.29 is 9.90 Å². The zero-order valence-electron chi connectivity index (χ0n) is 6.37. The van der Waals surface area contributed by atoms with Crippen LogP contribution >= 0.6 is 12.6 Å². The number of thiol groups is 1. The van der Waals surface area contributed by atoms with Gasteiger partial charge in [0.2, 0.25) is 0 Å². The van der Waals surface area contributed by atoms with E-state index in [-0.39, 0.29) is 0 Å². The van der Waals surface area contributed by atoms with Crippen LogP contribution in [0.1, 0.15) is 26.7 Å². The van der Waals surface area contributed by atoms with Crippen molar-refractivity contribution in [3.63, 3.8) is 0 Å². The monoisotopic (exact) mass is 162 g/mol. The molecule has 0 amide bonds. The maximum Gasteiger partial charge on any atom is 0.300 e. The van der Waals surface area contributed by atoms with Gasteiger partial charge in [-0.25, -0.2) is 0 Å². The van der Waals surface area contributed by atoms with Crippen molar-refractivity contribution in [3.05, 3.63) is 0 Å². The third kappa shape index (κ3) is 7.82. The Hall–Kier alpha value is -0.180. The molecule has 0 aromatic carbocycles. The van der Waals surface area contributed by atoms with Gasteiger partial charge in [-0.15, -0.1) is 0 Å². The summed E-state index contributed by atoms with van der Waals surface area (Å²) in [4.78, 5) is 9.00. The Morgan fingerprint density at radius 2 is 2.00 bits per heavy atom. The van der Waals surface area contributed by atoms with Crippen LogP contribution in [0, 0.1) is 5.92 Å². The highest BCUT2D eigenvalue weighted by molar-refractivity contribution is 7.80. The summed E-state index contributed by atoms with van der Waals surface area (Å²) in [7, 11) is 0. The van der Waals surface area contributed by atoms with Gasteiger partial charge >= 0.3 is 0 Å². The predicted octanol–water partition coefficient (Wildman–Crippen LogP) is 1.81. The van der Waals surface area contributed by atoms with E-state index >= 15 is 0 Å². The topological polar surface area (TPSA) is 37.3 Å². The molecule has 1 N–H and O–H groups in total. The van der Waals surface area contributed by atoms with Gasteiger partial charge in [0.25, 0.3) is 5.97 Å². The van der Waals surface area contributed by atoms with Crippen molar-refractivity contribution in [3.8, 4) is 0 Å². The number of carboxylic acids is 1. The van der Waals surface area contributed by atoms with Crippen LogP contribution in [0.5, 0.6) is 0 Å². The first-order valence-electron chi connectivity index (χ1n) is 3.41. The number of carboxylic acid groups (broad SMARTS) is 1. The number of hydrogen-bond donors (Lipinski definition) is 2. The molecule has 0 saturated heterocycles. The average molecular weight is 162 g/mol. The Balaban J connectivity index is 0.000000180. The molecule has 1 aliphatic carbocycles. The standard InChI is InChI=1S/C5H10S.C2H4O2/c1-4(6)5-2-3-5;1-2(3)4/h4-6H,2-3H2,1H3;1H3,(H,3,4). The highest BCUT2D eigenvalue weighted by atomic mass is 32.1. The first-order valence-corrected chi connectivity index (χ1v) is 3.93. The number of hydrogen-bond acceptors (Lipinski definition) is 2. The quantitative estimate of drug-likeness (QED) is 0.577. The fourth-order valence-corrected chi connectivity index (χ4v) is 0.877. The van der Waals surface area contributed by atoms with E-state index in [2.05, 4.69) is 19.6 Å². The Morgan fingerprint density at radius 1 is 1.70 bits per heavy atom. The fraction of sp³-hybridized carbons (Fsp3) is 0.857.